The summed E-state index contributed by atoms with van der Waals surface area (Å²) < 4.78 is 0. The van der Waals surface area contributed by atoms with Gasteiger partial charge in [-0.05, 0) is 19.8 Å². The van der Waals surface area contributed by atoms with Crippen LogP contribution in [-0.2, 0) is 4.79 Å². The van der Waals surface area contributed by atoms with Crippen molar-refractivity contribution < 1.29 is 4.79 Å². The number of H-pyrrole nitrogens is 1. The number of hydrogen-bond donors (Lipinski definition) is 4. The molecule has 0 saturated carbocycles. The largest absolute Gasteiger partial charge is 0.388 e. The molecular weight excluding hydrogens is 232 g/mol. The van der Waals surface area contributed by atoms with Crippen molar-refractivity contribution in [3.63, 3.8) is 0 Å². The third-order valence-electron chi connectivity index (χ3n) is 2.43. The number of nitrogens with one attached hydrogen (secondary N) is 2. The Labute approximate surface area is 106 Å². The van der Waals surface area contributed by atoms with Crippen molar-refractivity contribution in [2.24, 2.45) is 16.5 Å². The highest BCUT2D eigenvalue weighted by atomic mass is 16.2. The molecule has 1 amide bonds. The van der Waals surface area contributed by atoms with E-state index in [0.717, 1.165) is 12.8 Å². The number of nitrogens with zero attached hydrogens (tertiary/aromatic N) is 2. The first-order valence-corrected chi connectivity index (χ1v) is 5.89. The third-order valence-corrected chi connectivity index (χ3v) is 2.43. The molecule has 1 atom stereocenters. The zero-order valence-corrected chi connectivity index (χ0v) is 10.7. The molecule has 0 unspecified atom stereocenters. The van der Waals surface area contributed by atoms with Crippen molar-refractivity contribution in [2.75, 3.05) is 5.32 Å². The number of rotatable bonds is 6. The van der Waals surface area contributed by atoms with E-state index < -0.39 is 11.6 Å². The van der Waals surface area contributed by atoms with Crippen molar-refractivity contribution in [1.29, 1.82) is 0 Å². The molecule has 0 saturated heterocycles. The maximum atomic E-state index is 12.1. The molecule has 0 aliphatic heterocycles. The highest BCUT2D eigenvalue weighted by molar-refractivity contribution is 5.98. The van der Waals surface area contributed by atoms with Gasteiger partial charge in [-0.25, -0.2) is 4.99 Å². The van der Waals surface area contributed by atoms with Gasteiger partial charge in [0, 0.05) is 6.07 Å². The lowest BCUT2D eigenvalue weighted by Crippen LogP contribution is -2.50. The van der Waals surface area contributed by atoms with Crippen LogP contribution in [0.25, 0.3) is 0 Å². The monoisotopic (exact) mass is 252 g/mol. The van der Waals surface area contributed by atoms with Crippen LogP contribution in [0.2, 0.25) is 0 Å². The second-order valence-electron chi connectivity index (χ2n) is 4.21. The van der Waals surface area contributed by atoms with Gasteiger partial charge in [-0.3, -0.25) is 15.6 Å². The summed E-state index contributed by atoms with van der Waals surface area (Å²) in [5, 5.41) is 9.00. The predicted molar refractivity (Wildman–Crippen MR) is 71.0 cm³/mol. The topological polar surface area (TPSA) is 122 Å². The minimum atomic E-state index is -1.33. The van der Waals surface area contributed by atoms with Gasteiger partial charge in [0.2, 0.25) is 0 Å². The smallest absolute Gasteiger partial charge is 0.268 e. The SMILES string of the molecule is CCCC[C@](N)(N=C(C)N)C(=O)Nc1ccn[nH]1. The van der Waals surface area contributed by atoms with Crippen molar-refractivity contribution in [3.05, 3.63) is 12.3 Å². The Balaban J connectivity index is 2.81. The normalized spacial score (nSPS) is 15.2. The number of amidine groups is 1. The summed E-state index contributed by atoms with van der Waals surface area (Å²) in [6.45, 7) is 3.63. The van der Waals surface area contributed by atoms with E-state index >= 15 is 0 Å². The highest BCUT2D eigenvalue weighted by Crippen LogP contribution is 2.16. The summed E-state index contributed by atoms with van der Waals surface area (Å²) in [6.07, 6.45) is 3.70. The van der Waals surface area contributed by atoms with Crippen LogP contribution in [0.4, 0.5) is 5.82 Å². The Kier molecular flexibility index (Phi) is 4.85. The number of aliphatic imine (C=N–C) groups is 1. The van der Waals surface area contributed by atoms with E-state index in [1.807, 2.05) is 6.92 Å². The summed E-state index contributed by atoms with van der Waals surface area (Å²) in [7, 11) is 0. The lowest BCUT2D eigenvalue weighted by Gasteiger charge is -2.23. The first-order chi connectivity index (χ1) is 8.48. The summed E-state index contributed by atoms with van der Waals surface area (Å²) in [4.78, 5) is 16.2. The summed E-state index contributed by atoms with van der Waals surface area (Å²) in [6, 6.07) is 1.64. The highest BCUT2D eigenvalue weighted by Gasteiger charge is 2.33. The number of carbonyl (C=O) groups is 1. The Morgan fingerprint density at radius 3 is 2.89 bits per heavy atom. The molecule has 0 aliphatic carbocycles. The van der Waals surface area contributed by atoms with E-state index in [4.69, 9.17) is 11.5 Å². The molecule has 0 radical (unpaired) electrons. The van der Waals surface area contributed by atoms with Crippen LogP contribution in [0.5, 0.6) is 0 Å². The molecular formula is C11H20N6O. The number of anilines is 1. The van der Waals surface area contributed by atoms with Crippen LogP contribution in [0.15, 0.2) is 17.3 Å². The molecule has 6 N–H and O–H groups in total. The zero-order valence-electron chi connectivity index (χ0n) is 10.7. The standard InChI is InChI=1S/C11H20N6O/c1-3-4-6-11(13,16-8(2)12)10(18)15-9-5-7-14-17-9/h5,7H,3-4,6,13H2,1-2H3,(H2,12,16)(H2,14,15,17,18)/t11-/m0/s1. The summed E-state index contributed by atoms with van der Waals surface area (Å²) >= 11 is 0. The van der Waals surface area contributed by atoms with E-state index in [9.17, 15) is 4.79 Å². The molecule has 0 aliphatic rings. The van der Waals surface area contributed by atoms with Crippen molar-refractivity contribution >= 4 is 17.6 Å². The molecule has 1 aromatic heterocycles. The predicted octanol–water partition coefficient (Wildman–Crippen LogP) is 0.571. The number of aromatic amines is 1. The maximum absolute atomic E-state index is 12.1. The molecule has 1 rings (SSSR count). The second-order valence-corrected chi connectivity index (χ2v) is 4.21. The van der Waals surface area contributed by atoms with Crippen LogP contribution in [0.3, 0.4) is 0 Å². The van der Waals surface area contributed by atoms with Crippen molar-refractivity contribution in [1.82, 2.24) is 10.2 Å². The molecule has 0 aromatic carbocycles. The van der Waals surface area contributed by atoms with E-state index in [1.165, 1.54) is 6.20 Å². The number of nitrogens with two attached hydrogens (primary N) is 2. The Morgan fingerprint density at radius 1 is 1.67 bits per heavy atom. The number of aromatic nitrogens is 2. The first-order valence-electron chi connectivity index (χ1n) is 5.89. The fourth-order valence-electron chi connectivity index (χ4n) is 1.54. The van der Waals surface area contributed by atoms with Gasteiger partial charge in [0.05, 0.1) is 12.0 Å². The van der Waals surface area contributed by atoms with Gasteiger partial charge in [-0.1, -0.05) is 13.3 Å². The van der Waals surface area contributed by atoms with Gasteiger partial charge in [-0.15, -0.1) is 0 Å². The Hall–Kier alpha value is -1.89. The quantitative estimate of drug-likeness (QED) is 0.436. The fraction of sp³-hybridized carbons (Fsp3) is 0.545. The van der Waals surface area contributed by atoms with Gasteiger partial charge in [0.15, 0.2) is 5.66 Å². The number of amides is 1. The first kappa shape index (κ1) is 14.2. The Morgan fingerprint density at radius 2 is 2.39 bits per heavy atom. The fourth-order valence-corrected chi connectivity index (χ4v) is 1.54. The van der Waals surface area contributed by atoms with E-state index in [2.05, 4.69) is 20.5 Å². The molecule has 100 valence electrons. The van der Waals surface area contributed by atoms with Crippen LogP contribution in [0.1, 0.15) is 33.1 Å². The average Bonchev–Trinajstić information content (AvgIpc) is 2.78. The summed E-state index contributed by atoms with van der Waals surface area (Å²) in [5.74, 6) is 0.370. The molecule has 1 aromatic rings. The molecule has 7 heteroatoms. The molecule has 0 fully saturated rings. The summed E-state index contributed by atoms with van der Waals surface area (Å²) in [5.41, 5.74) is 10.2. The average molecular weight is 252 g/mol. The van der Waals surface area contributed by atoms with Gasteiger partial charge in [0.25, 0.3) is 5.91 Å². The number of hydrogen-bond acceptors (Lipinski definition) is 4. The van der Waals surface area contributed by atoms with Crippen molar-refractivity contribution in [3.8, 4) is 0 Å². The lowest BCUT2D eigenvalue weighted by atomic mass is 10.0. The van der Waals surface area contributed by atoms with Crippen LogP contribution in [-0.4, -0.2) is 27.6 Å². The van der Waals surface area contributed by atoms with Crippen LogP contribution in [0, 0.1) is 0 Å². The van der Waals surface area contributed by atoms with E-state index in [1.54, 1.807) is 13.0 Å². The van der Waals surface area contributed by atoms with Crippen LogP contribution < -0.4 is 16.8 Å². The number of unbranched alkanes of at least 4 members (excludes halogenated alkanes) is 1. The zero-order chi connectivity index (χ0) is 13.6. The lowest BCUT2D eigenvalue weighted by molar-refractivity contribution is -0.121. The third kappa shape index (κ3) is 3.85. The Bertz CT molecular complexity index is 409. The minimum absolute atomic E-state index is 0.286. The van der Waals surface area contributed by atoms with Gasteiger partial charge in [-0.2, -0.15) is 5.10 Å². The van der Waals surface area contributed by atoms with Crippen molar-refractivity contribution in [2.45, 2.75) is 38.8 Å². The molecule has 18 heavy (non-hydrogen) atoms. The number of carbonyl (C=O) groups excluding carboxylic acids is 1. The van der Waals surface area contributed by atoms with E-state index in [-0.39, 0.29) is 5.84 Å². The maximum Gasteiger partial charge on any atom is 0.268 e. The molecule has 0 bridgehead atoms. The minimum Gasteiger partial charge on any atom is -0.388 e. The van der Waals surface area contributed by atoms with E-state index in [0.29, 0.717) is 12.2 Å². The van der Waals surface area contributed by atoms with Gasteiger partial charge >= 0.3 is 0 Å². The van der Waals surface area contributed by atoms with Gasteiger partial charge in [0.1, 0.15) is 5.82 Å². The van der Waals surface area contributed by atoms with Gasteiger partial charge < -0.3 is 11.1 Å². The molecule has 7 nitrogen and oxygen atoms in total. The van der Waals surface area contributed by atoms with Crippen LogP contribution >= 0.6 is 0 Å². The second kappa shape index (κ2) is 6.15. The molecule has 0 spiro atoms. The molecule has 1 heterocycles.